The summed E-state index contributed by atoms with van der Waals surface area (Å²) < 4.78 is 0. The van der Waals surface area contributed by atoms with Crippen LogP contribution in [0.25, 0.3) is 0 Å². The van der Waals surface area contributed by atoms with Gasteiger partial charge in [-0.05, 0) is 32.4 Å². The predicted octanol–water partition coefficient (Wildman–Crippen LogP) is 0.852. The third-order valence-electron chi connectivity index (χ3n) is 2.08. The van der Waals surface area contributed by atoms with Crippen molar-refractivity contribution in [2.75, 3.05) is 26.2 Å². The van der Waals surface area contributed by atoms with Gasteiger partial charge in [0, 0.05) is 45.9 Å². The van der Waals surface area contributed by atoms with E-state index < -0.39 is 0 Å². The van der Waals surface area contributed by atoms with Crippen LogP contribution in [0.3, 0.4) is 0 Å². The second-order valence-electron chi connectivity index (χ2n) is 2.98. The molecule has 1 radical (unpaired) electrons. The van der Waals surface area contributed by atoms with E-state index >= 15 is 0 Å². The Hall–Kier alpha value is 1.02. The first kappa shape index (κ1) is 12.0. The fourth-order valence-electron chi connectivity index (χ4n) is 1.48. The Labute approximate surface area is 94.2 Å². The average molecular weight is 232 g/mol. The first-order valence-corrected chi connectivity index (χ1v) is 4.26. The van der Waals surface area contributed by atoms with Gasteiger partial charge in [0.1, 0.15) is 0 Å². The fraction of sp³-hybridized carbons (Fsp3) is 1.00. The summed E-state index contributed by atoms with van der Waals surface area (Å²) in [5, 5.41) is 8.57. The van der Waals surface area contributed by atoms with Crippen molar-refractivity contribution in [3.63, 3.8) is 0 Å². The molecule has 1 aliphatic rings. The molecule has 11 heavy (non-hydrogen) atoms. The molecule has 3 heteroatoms. The third-order valence-corrected chi connectivity index (χ3v) is 2.08. The van der Waals surface area contributed by atoms with Crippen LogP contribution in [0.1, 0.15) is 25.7 Å². The van der Waals surface area contributed by atoms with Crippen molar-refractivity contribution < 1.29 is 37.8 Å². The molecule has 0 aromatic rings. The largest absolute Gasteiger partial charge is 0.396 e. The van der Waals surface area contributed by atoms with E-state index in [0.29, 0.717) is 6.61 Å². The summed E-state index contributed by atoms with van der Waals surface area (Å²) in [7, 11) is 0. The van der Waals surface area contributed by atoms with Gasteiger partial charge in [0.2, 0.25) is 0 Å². The summed E-state index contributed by atoms with van der Waals surface area (Å²) in [6, 6.07) is 0. The van der Waals surface area contributed by atoms with Gasteiger partial charge in [-0.15, -0.1) is 0 Å². The van der Waals surface area contributed by atoms with E-state index in [9.17, 15) is 0 Å². The summed E-state index contributed by atoms with van der Waals surface area (Å²) in [4.78, 5) is 2.44. The third kappa shape index (κ3) is 5.29. The first-order valence-electron chi connectivity index (χ1n) is 4.26. The van der Waals surface area contributed by atoms with Crippen LogP contribution in [0.4, 0.5) is 0 Å². The molecule has 2 nitrogen and oxygen atoms in total. The van der Waals surface area contributed by atoms with Crippen LogP contribution in [0.15, 0.2) is 0 Å². The zero-order chi connectivity index (χ0) is 7.23. The van der Waals surface area contributed by atoms with Crippen molar-refractivity contribution in [1.29, 1.82) is 0 Å². The average Bonchev–Trinajstić information content (AvgIpc) is 2.03. The molecule has 0 unspecified atom stereocenters. The zero-order valence-corrected chi connectivity index (χ0v) is 9.97. The SMILES string of the molecule is OCCCN1CCCCC1.[Y]. The summed E-state index contributed by atoms with van der Waals surface area (Å²) in [5.41, 5.74) is 0. The van der Waals surface area contributed by atoms with E-state index in [4.69, 9.17) is 5.11 Å². The summed E-state index contributed by atoms with van der Waals surface area (Å²) in [5.74, 6) is 0. The van der Waals surface area contributed by atoms with Gasteiger partial charge in [-0.25, -0.2) is 0 Å². The second kappa shape index (κ2) is 7.66. The standard InChI is InChI=1S/C8H17NO.Y/c10-8-4-7-9-5-2-1-3-6-9;/h10H,1-8H2;. The number of piperidine rings is 1. The Kier molecular flexibility index (Phi) is 8.37. The zero-order valence-electron chi connectivity index (χ0n) is 7.13. The summed E-state index contributed by atoms with van der Waals surface area (Å²) in [6.45, 7) is 3.94. The smallest absolute Gasteiger partial charge is 0.0443 e. The molecule has 0 amide bonds. The quantitative estimate of drug-likeness (QED) is 0.779. The molecule has 1 aliphatic heterocycles. The van der Waals surface area contributed by atoms with Gasteiger partial charge >= 0.3 is 0 Å². The maximum absolute atomic E-state index is 8.57. The Balaban J connectivity index is 0.000001000. The van der Waals surface area contributed by atoms with Crippen molar-refractivity contribution in [2.24, 2.45) is 0 Å². The van der Waals surface area contributed by atoms with Gasteiger partial charge in [0.25, 0.3) is 0 Å². The van der Waals surface area contributed by atoms with E-state index in [1.807, 2.05) is 0 Å². The number of aliphatic hydroxyl groups is 1. The van der Waals surface area contributed by atoms with Crippen molar-refractivity contribution in [1.82, 2.24) is 4.90 Å². The van der Waals surface area contributed by atoms with E-state index in [-0.39, 0.29) is 32.7 Å². The van der Waals surface area contributed by atoms with Crippen LogP contribution in [0.5, 0.6) is 0 Å². The minimum atomic E-state index is 0. The van der Waals surface area contributed by atoms with Crippen LogP contribution in [0, 0.1) is 0 Å². The number of rotatable bonds is 3. The normalized spacial score (nSPS) is 19.4. The van der Waals surface area contributed by atoms with Crippen LogP contribution in [-0.2, 0) is 32.7 Å². The molecule has 1 heterocycles. The molecule has 1 rings (SSSR count). The number of hydrogen-bond acceptors (Lipinski definition) is 2. The first-order chi connectivity index (χ1) is 4.93. The summed E-state index contributed by atoms with van der Waals surface area (Å²) in [6.07, 6.45) is 5.05. The molecular formula is C8H17NOY. The maximum atomic E-state index is 8.57. The molecule has 0 bridgehead atoms. The van der Waals surface area contributed by atoms with Crippen molar-refractivity contribution >= 4 is 0 Å². The van der Waals surface area contributed by atoms with Crippen molar-refractivity contribution in [3.8, 4) is 0 Å². The Morgan fingerprint density at radius 3 is 2.27 bits per heavy atom. The number of aliphatic hydroxyl groups excluding tert-OH is 1. The van der Waals surface area contributed by atoms with Crippen molar-refractivity contribution in [3.05, 3.63) is 0 Å². The molecule has 1 N–H and O–H groups in total. The second-order valence-corrected chi connectivity index (χ2v) is 2.98. The molecule has 0 spiro atoms. The van der Waals surface area contributed by atoms with Crippen molar-refractivity contribution in [2.45, 2.75) is 25.7 Å². The topological polar surface area (TPSA) is 23.5 Å². The van der Waals surface area contributed by atoms with Crippen LogP contribution in [-0.4, -0.2) is 36.2 Å². The van der Waals surface area contributed by atoms with Crippen LogP contribution >= 0.6 is 0 Å². The van der Waals surface area contributed by atoms with Crippen LogP contribution in [0.2, 0.25) is 0 Å². The van der Waals surface area contributed by atoms with Gasteiger partial charge in [0.15, 0.2) is 0 Å². The Morgan fingerprint density at radius 2 is 1.73 bits per heavy atom. The number of nitrogens with zero attached hydrogens (tertiary/aromatic N) is 1. The van der Waals surface area contributed by atoms with E-state index in [1.165, 1.54) is 32.4 Å². The van der Waals surface area contributed by atoms with Gasteiger partial charge in [-0.2, -0.15) is 0 Å². The van der Waals surface area contributed by atoms with Gasteiger partial charge in [-0.3, -0.25) is 0 Å². The summed E-state index contributed by atoms with van der Waals surface area (Å²) >= 11 is 0. The van der Waals surface area contributed by atoms with E-state index in [2.05, 4.69) is 4.90 Å². The molecule has 0 saturated carbocycles. The van der Waals surface area contributed by atoms with Gasteiger partial charge < -0.3 is 10.0 Å². The molecular weight excluding hydrogens is 215 g/mol. The minimum Gasteiger partial charge on any atom is -0.396 e. The molecule has 0 aromatic heterocycles. The monoisotopic (exact) mass is 232 g/mol. The predicted molar refractivity (Wildman–Crippen MR) is 42.0 cm³/mol. The molecule has 0 aliphatic carbocycles. The van der Waals surface area contributed by atoms with Crippen LogP contribution < -0.4 is 0 Å². The van der Waals surface area contributed by atoms with E-state index in [1.54, 1.807) is 0 Å². The van der Waals surface area contributed by atoms with Gasteiger partial charge in [-0.1, -0.05) is 6.42 Å². The Morgan fingerprint density at radius 1 is 1.09 bits per heavy atom. The van der Waals surface area contributed by atoms with Gasteiger partial charge in [0.05, 0.1) is 0 Å². The maximum Gasteiger partial charge on any atom is 0.0443 e. The Bertz CT molecular complexity index is 84.2. The minimum absolute atomic E-state index is 0. The molecule has 0 atom stereocenters. The number of likely N-dealkylation sites (tertiary alicyclic amines) is 1. The van der Waals surface area contributed by atoms with E-state index in [0.717, 1.165) is 13.0 Å². The fourth-order valence-corrected chi connectivity index (χ4v) is 1.48. The molecule has 0 aromatic carbocycles. The number of hydrogen-bond donors (Lipinski definition) is 1. The molecule has 1 fully saturated rings. The molecule has 1 saturated heterocycles. The molecule has 63 valence electrons.